The zero-order valence-corrected chi connectivity index (χ0v) is 14.9. The minimum absolute atomic E-state index is 0.0106. The van der Waals surface area contributed by atoms with Crippen LogP contribution < -0.4 is 16.0 Å². The summed E-state index contributed by atoms with van der Waals surface area (Å²) in [4.78, 5) is 35.7. The predicted octanol–water partition coefficient (Wildman–Crippen LogP) is 2.62. The lowest BCUT2D eigenvalue weighted by atomic mass is 10.2. The summed E-state index contributed by atoms with van der Waals surface area (Å²) in [6.07, 6.45) is 1.98. The highest BCUT2D eigenvalue weighted by Crippen LogP contribution is 2.19. The Balaban J connectivity index is 1.43. The lowest BCUT2D eigenvalue weighted by molar-refractivity contribution is -0.116. The van der Waals surface area contributed by atoms with Crippen molar-refractivity contribution in [1.82, 2.24) is 10.6 Å². The van der Waals surface area contributed by atoms with Crippen LogP contribution in [0.25, 0.3) is 0 Å². The van der Waals surface area contributed by atoms with Crippen LogP contribution in [0.5, 0.6) is 0 Å². The van der Waals surface area contributed by atoms with Crippen molar-refractivity contribution in [3.63, 3.8) is 0 Å². The monoisotopic (exact) mass is 387 g/mol. The molecule has 0 spiro atoms. The minimum Gasteiger partial charge on any atom is -0.351 e. The van der Waals surface area contributed by atoms with Crippen LogP contribution in [-0.2, 0) is 4.79 Å². The fourth-order valence-electron chi connectivity index (χ4n) is 2.48. The van der Waals surface area contributed by atoms with Crippen molar-refractivity contribution in [3.8, 4) is 0 Å². The molecule has 1 saturated carbocycles. The average molecular weight is 387 g/mol. The molecule has 0 heterocycles. The summed E-state index contributed by atoms with van der Waals surface area (Å²) >= 11 is 0. The quantitative estimate of drug-likeness (QED) is 0.683. The second kappa shape index (κ2) is 8.60. The van der Waals surface area contributed by atoms with Crippen molar-refractivity contribution in [1.29, 1.82) is 0 Å². The molecule has 0 atom stereocenters. The third-order valence-corrected chi connectivity index (χ3v) is 4.16. The fraction of sp³-hybridized carbons (Fsp3) is 0.250. The molecule has 3 N–H and O–H groups in total. The zero-order valence-electron chi connectivity index (χ0n) is 14.9. The Kier molecular flexibility index (Phi) is 5.98. The van der Waals surface area contributed by atoms with E-state index < -0.39 is 17.5 Å². The zero-order chi connectivity index (χ0) is 20.1. The third-order valence-electron chi connectivity index (χ3n) is 4.16. The van der Waals surface area contributed by atoms with Crippen molar-refractivity contribution < 1.29 is 23.2 Å². The number of carbonyl (C=O) groups excluding carboxylic acids is 3. The van der Waals surface area contributed by atoms with Crippen LogP contribution in [0.15, 0.2) is 42.5 Å². The number of benzene rings is 2. The Bertz CT molecular complexity index is 896. The van der Waals surface area contributed by atoms with E-state index in [1.54, 1.807) is 24.3 Å². The molecule has 28 heavy (non-hydrogen) atoms. The first kappa shape index (κ1) is 19.5. The molecule has 1 aliphatic rings. The largest absolute Gasteiger partial charge is 0.351 e. The van der Waals surface area contributed by atoms with Gasteiger partial charge in [0.1, 0.15) is 11.6 Å². The number of rotatable bonds is 7. The van der Waals surface area contributed by atoms with E-state index >= 15 is 0 Å². The molecule has 6 nitrogen and oxygen atoms in total. The molecule has 0 saturated heterocycles. The molecule has 0 radical (unpaired) electrons. The Labute approximate surface area is 160 Å². The van der Waals surface area contributed by atoms with Crippen LogP contribution >= 0.6 is 0 Å². The number of amides is 3. The number of carbonyl (C=O) groups is 3. The van der Waals surface area contributed by atoms with E-state index in [0.717, 1.165) is 25.0 Å². The number of anilines is 1. The Morgan fingerprint density at radius 2 is 1.68 bits per heavy atom. The molecule has 8 heteroatoms. The molecule has 146 valence electrons. The van der Waals surface area contributed by atoms with E-state index in [4.69, 9.17) is 0 Å². The molecular weight excluding hydrogens is 368 g/mol. The van der Waals surface area contributed by atoms with E-state index in [0.29, 0.717) is 17.3 Å². The molecule has 2 aromatic rings. The van der Waals surface area contributed by atoms with Gasteiger partial charge < -0.3 is 16.0 Å². The van der Waals surface area contributed by atoms with Gasteiger partial charge in [-0.3, -0.25) is 14.4 Å². The van der Waals surface area contributed by atoms with Gasteiger partial charge in [-0.25, -0.2) is 8.78 Å². The smallest absolute Gasteiger partial charge is 0.254 e. The average Bonchev–Trinajstić information content (AvgIpc) is 3.46. The van der Waals surface area contributed by atoms with Gasteiger partial charge in [0, 0.05) is 36.3 Å². The first-order chi connectivity index (χ1) is 13.4. The van der Waals surface area contributed by atoms with Gasteiger partial charge in [0.05, 0.1) is 5.56 Å². The summed E-state index contributed by atoms with van der Waals surface area (Å²) in [5.74, 6) is -2.96. The Hall–Kier alpha value is -3.29. The van der Waals surface area contributed by atoms with E-state index in [1.165, 1.54) is 0 Å². The summed E-state index contributed by atoms with van der Waals surface area (Å²) in [5.41, 5.74) is 0.740. The maximum absolute atomic E-state index is 13.5. The van der Waals surface area contributed by atoms with E-state index in [-0.39, 0.29) is 36.4 Å². The molecule has 0 aliphatic heterocycles. The molecule has 3 rings (SSSR count). The number of nitrogens with one attached hydrogen (secondary N) is 3. The summed E-state index contributed by atoms with van der Waals surface area (Å²) < 4.78 is 26.4. The normalized spacial score (nSPS) is 12.9. The van der Waals surface area contributed by atoms with Crippen LogP contribution in [-0.4, -0.2) is 30.3 Å². The van der Waals surface area contributed by atoms with Gasteiger partial charge in [0.15, 0.2) is 0 Å². The van der Waals surface area contributed by atoms with Crippen LogP contribution in [0.1, 0.15) is 40.0 Å². The lowest BCUT2D eigenvalue weighted by Gasteiger charge is -2.08. The van der Waals surface area contributed by atoms with Gasteiger partial charge in [-0.15, -0.1) is 0 Å². The second-order valence-corrected chi connectivity index (χ2v) is 6.50. The molecule has 1 fully saturated rings. The standard InChI is InChI=1S/C20H19F2N3O3/c21-13-3-8-16(17(22)11-13)20(28)23-10-9-18(26)24-14-4-1-12(2-5-14)19(27)25-15-6-7-15/h1-5,8,11,15H,6-7,9-10H2,(H,23,28)(H,24,26)(H,25,27). The fourth-order valence-corrected chi connectivity index (χ4v) is 2.48. The Morgan fingerprint density at radius 3 is 2.32 bits per heavy atom. The summed E-state index contributed by atoms with van der Waals surface area (Å²) in [7, 11) is 0. The number of halogens is 2. The topological polar surface area (TPSA) is 87.3 Å². The van der Waals surface area contributed by atoms with Gasteiger partial charge >= 0.3 is 0 Å². The molecular formula is C20H19F2N3O3. The molecule has 3 amide bonds. The first-order valence-corrected chi connectivity index (χ1v) is 8.86. The van der Waals surface area contributed by atoms with Crippen LogP contribution in [0, 0.1) is 11.6 Å². The van der Waals surface area contributed by atoms with Crippen molar-refractivity contribution >= 4 is 23.4 Å². The predicted molar refractivity (Wildman–Crippen MR) is 98.9 cm³/mol. The van der Waals surface area contributed by atoms with E-state index in [2.05, 4.69) is 16.0 Å². The first-order valence-electron chi connectivity index (χ1n) is 8.86. The minimum atomic E-state index is -0.965. The van der Waals surface area contributed by atoms with Crippen molar-refractivity contribution in [2.45, 2.75) is 25.3 Å². The lowest BCUT2D eigenvalue weighted by Crippen LogP contribution is -2.28. The van der Waals surface area contributed by atoms with E-state index in [9.17, 15) is 23.2 Å². The molecule has 2 aromatic carbocycles. The molecule has 0 bridgehead atoms. The van der Waals surface area contributed by atoms with Gasteiger partial charge in [0.25, 0.3) is 11.8 Å². The highest BCUT2D eigenvalue weighted by atomic mass is 19.1. The van der Waals surface area contributed by atoms with Crippen LogP contribution in [0.3, 0.4) is 0 Å². The highest BCUT2D eigenvalue weighted by molar-refractivity contribution is 5.97. The van der Waals surface area contributed by atoms with Gasteiger partial charge in [-0.2, -0.15) is 0 Å². The van der Waals surface area contributed by atoms with Gasteiger partial charge in [0.2, 0.25) is 5.91 Å². The summed E-state index contributed by atoms with van der Waals surface area (Å²) in [6, 6.07) is 9.39. The molecule has 1 aliphatic carbocycles. The van der Waals surface area contributed by atoms with Crippen LogP contribution in [0.2, 0.25) is 0 Å². The maximum atomic E-state index is 13.5. The summed E-state index contributed by atoms with van der Waals surface area (Å²) in [5, 5.41) is 7.93. The number of hydrogen-bond acceptors (Lipinski definition) is 3. The van der Waals surface area contributed by atoms with Crippen molar-refractivity contribution in [3.05, 3.63) is 65.2 Å². The second-order valence-electron chi connectivity index (χ2n) is 6.50. The number of hydrogen-bond donors (Lipinski definition) is 3. The van der Waals surface area contributed by atoms with Gasteiger partial charge in [-0.05, 0) is 49.2 Å². The molecule has 0 aromatic heterocycles. The van der Waals surface area contributed by atoms with Crippen molar-refractivity contribution in [2.75, 3.05) is 11.9 Å². The Morgan fingerprint density at radius 1 is 0.964 bits per heavy atom. The summed E-state index contributed by atoms with van der Waals surface area (Å²) in [6.45, 7) is -0.0106. The van der Waals surface area contributed by atoms with Crippen molar-refractivity contribution in [2.24, 2.45) is 0 Å². The highest BCUT2D eigenvalue weighted by Gasteiger charge is 2.23. The molecule has 0 unspecified atom stereocenters. The van der Waals surface area contributed by atoms with E-state index in [1.807, 2.05) is 0 Å². The van der Waals surface area contributed by atoms with Crippen LogP contribution in [0.4, 0.5) is 14.5 Å². The maximum Gasteiger partial charge on any atom is 0.254 e. The third kappa shape index (κ3) is 5.35. The van der Waals surface area contributed by atoms with Gasteiger partial charge in [-0.1, -0.05) is 0 Å². The SMILES string of the molecule is O=C(CCNC(=O)c1ccc(F)cc1F)Nc1ccc(C(=O)NC2CC2)cc1.